The van der Waals surface area contributed by atoms with Crippen LogP contribution in [0.2, 0.25) is 0 Å². The molecule has 3 heteroatoms. The fourth-order valence-electron chi connectivity index (χ4n) is 1.61. The van der Waals surface area contributed by atoms with Crippen molar-refractivity contribution in [1.82, 2.24) is 4.57 Å². The monoisotopic (exact) mass is 151 g/mol. The van der Waals surface area contributed by atoms with Crippen molar-refractivity contribution in [3.05, 3.63) is 24.0 Å². The Kier molecular flexibility index (Phi) is 1.24. The van der Waals surface area contributed by atoms with Gasteiger partial charge in [0.15, 0.2) is 0 Å². The van der Waals surface area contributed by atoms with Gasteiger partial charge >= 0.3 is 5.97 Å². The van der Waals surface area contributed by atoms with Crippen molar-refractivity contribution >= 4 is 5.97 Å². The third-order valence-corrected chi connectivity index (χ3v) is 2.18. The molecule has 0 radical (unpaired) electrons. The molecule has 1 atom stereocenters. The van der Waals surface area contributed by atoms with Crippen LogP contribution in [0.15, 0.2) is 18.3 Å². The highest BCUT2D eigenvalue weighted by Crippen LogP contribution is 2.27. The molecule has 1 aliphatic rings. The molecule has 0 saturated heterocycles. The minimum atomic E-state index is -0.706. The van der Waals surface area contributed by atoms with E-state index in [0.717, 1.165) is 18.7 Å². The third kappa shape index (κ3) is 0.843. The number of fused-ring (bicyclic) bond motifs is 1. The minimum Gasteiger partial charge on any atom is -0.481 e. The van der Waals surface area contributed by atoms with Gasteiger partial charge in [-0.1, -0.05) is 0 Å². The van der Waals surface area contributed by atoms with Crippen molar-refractivity contribution < 1.29 is 9.90 Å². The molecule has 0 aliphatic carbocycles. The van der Waals surface area contributed by atoms with Crippen LogP contribution >= 0.6 is 0 Å². The summed E-state index contributed by atoms with van der Waals surface area (Å²) < 4.78 is 2.00. The molecule has 1 N–H and O–H groups in total. The number of carbonyl (C=O) groups is 1. The molecule has 1 aromatic heterocycles. The van der Waals surface area contributed by atoms with E-state index in [1.807, 2.05) is 22.9 Å². The average molecular weight is 151 g/mol. The zero-order chi connectivity index (χ0) is 7.84. The maximum absolute atomic E-state index is 10.6. The second-order valence-electron chi connectivity index (χ2n) is 2.81. The SMILES string of the molecule is O=C(O)C1CCn2cccc21. The standard InChI is InChI=1S/C8H9NO2/c10-8(11)6-3-5-9-4-1-2-7(6)9/h1-2,4,6H,3,5H2,(H,10,11). The summed E-state index contributed by atoms with van der Waals surface area (Å²) in [5.41, 5.74) is 0.942. The molecule has 1 aromatic rings. The molecule has 11 heavy (non-hydrogen) atoms. The van der Waals surface area contributed by atoms with Crippen LogP contribution in [0.5, 0.6) is 0 Å². The summed E-state index contributed by atoms with van der Waals surface area (Å²) in [7, 11) is 0. The van der Waals surface area contributed by atoms with Gasteiger partial charge in [-0.15, -0.1) is 0 Å². The first-order valence-electron chi connectivity index (χ1n) is 3.67. The highest BCUT2D eigenvalue weighted by molar-refractivity contribution is 5.76. The van der Waals surface area contributed by atoms with E-state index < -0.39 is 5.97 Å². The van der Waals surface area contributed by atoms with Crippen LogP contribution in [0.4, 0.5) is 0 Å². The molecule has 2 heterocycles. The summed E-state index contributed by atoms with van der Waals surface area (Å²) in [6, 6.07) is 3.77. The molecule has 2 rings (SSSR count). The molecule has 0 bridgehead atoms. The van der Waals surface area contributed by atoms with Crippen molar-refractivity contribution in [3.63, 3.8) is 0 Å². The Balaban J connectivity index is 2.38. The Morgan fingerprint density at radius 3 is 3.27 bits per heavy atom. The van der Waals surface area contributed by atoms with E-state index in [1.54, 1.807) is 0 Å². The van der Waals surface area contributed by atoms with E-state index in [2.05, 4.69) is 0 Å². The fourth-order valence-corrected chi connectivity index (χ4v) is 1.61. The number of aliphatic carboxylic acids is 1. The van der Waals surface area contributed by atoms with Gasteiger partial charge in [-0.3, -0.25) is 4.79 Å². The summed E-state index contributed by atoms with van der Waals surface area (Å²) in [6.45, 7) is 0.847. The predicted molar refractivity (Wildman–Crippen MR) is 39.4 cm³/mol. The van der Waals surface area contributed by atoms with Crippen molar-refractivity contribution in [2.24, 2.45) is 0 Å². The van der Waals surface area contributed by atoms with Gasteiger partial charge in [0.05, 0.1) is 5.92 Å². The fraction of sp³-hybridized carbons (Fsp3) is 0.375. The molecule has 0 fully saturated rings. The molecular formula is C8H9NO2. The van der Waals surface area contributed by atoms with E-state index in [-0.39, 0.29) is 5.92 Å². The van der Waals surface area contributed by atoms with Crippen molar-refractivity contribution in [2.75, 3.05) is 0 Å². The van der Waals surface area contributed by atoms with E-state index >= 15 is 0 Å². The maximum Gasteiger partial charge on any atom is 0.312 e. The lowest BCUT2D eigenvalue weighted by Gasteiger charge is -2.00. The highest BCUT2D eigenvalue weighted by atomic mass is 16.4. The van der Waals surface area contributed by atoms with E-state index in [1.165, 1.54) is 0 Å². The number of aromatic nitrogens is 1. The van der Waals surface area contributed by atoms with Crippen molar-refractivity contribution in [3.8, 4) is 0 Å². The van der Waals surface area contributed by atoms with E-state index in [0.29, 0.717) is 0 Å². The number of carboxylic acids is 1. The first kappa shape index (κ1) is 6.46. The van der Waals surface area contributed by atoms with E-state index in [4.69, 9.17) is 5.11 Å². The second kappa shape index (κ2) is 2.12. The average Bonchev–Trinajstić information content (AvgIpc) is 2.41. The Hall–Kier alpha value is -1.25. The van der Waals surface area contributed by atoms with Crippen LogP contribution in [-0.4, -0.2) is 15.6 Å². The summed E-state index contributed by atoms with van der Waals surface area (Å²) in [5.74, 6) is -0.979. The number of hydrogen-bond acceptors (Lipinski definition) is 1. The Morgan fingerprint density at radius 1 is 1.73 bits per heavy atom. The summed E-state index contributed by atoms with van der Waals surface area (Å²) >= 11 is 0. The van der Waals surface area contributed by atoms with Crippen LogP contribution in [0.1, 0.15) is 18.0 Å². The van der Waals surface area contributed by atoms with Crippen LogP contribution < -0.4 is 0 Å². The van der Waals surface area contributed by atoms with E-state index in [9.17, 15) is 4.79 Å². The van der Waals surface area contributed by atoms with Crippen molar-refractivity contribution in [1.29, 1.82) is 0 Å². The first-order chi connectivity index (χ1) is 5.29. The molecule has 1 unspecified atom stereocenters. The number of aryl methyl sites for hydroxylation is 1. The topological polar surface area (TPSA) is 42.2 Å². The third-order valence-electron chi connectivity index (χ3n) is 2.18. The van der Waals surface area contributed by atoms with Gasteiger partial charge in [-0.05, 0) is 18.6 Å². The quantitative estimate of drug-likeness (QED) is 0.652. The molecule has 1 aliphatic heterocycles. The molecule has 0 amide bonds. The maximum atomic E-state index is 10.6. The zero-order valence-corrected chi connectivity index (χ0v) is 6.03. The van der Waals surface area contributed by atoms with Gasteiger partial charge in [-0.25, -0.2) is 0 Å². The van der Waals surface area contributed by atoms with Crippen molar-refractivity contribution in [2.45, 2.75) is 18.9 Å². The Morgan fingerprint density at radius 2 is 2.55 bits per heavy atom. The molecule has 0 saturated carbocycles. The molecule has 0 spiro atoms. The molecular weight excluding hydrogens is 142 g/mol. The van der Waals surface area contributed by atoms with Crippen LogP contribution in [0.3, 0.4) is 0 Å². The number of nitrogens with zero attached hydrogens (tertiary/aromatic N) is 1. The summed E-state index contributed by atoms with van der Waals surface area (Å²) in [5, 5.41) is 8.77. The second-order valence-corrected chi connectivity index (χ2v) is 2.81. The molecule has 3 nitrogen and oxygen atoms in total. The molecule has 0 aromatic carbocycles. The van der Waals surface area contributed by atoms with Gasteiger partial charge in [0, 0.05) is 18.4 Å². The zero-order valence-electron chi connectivity index (χ0n) is 6.03. The van der Waals surface area contributed by atoms with Gasteiger partial charge in [0.25, 0.3) is 0 Å². The predicted octanol–water partition coefficient (Wildman–Crippen LogP) is 1.06. The van der Waals surface area contributed by atoms with Crippen LogP contribution in [0.25, 0.3) is 0 Å². The smallest absolute Gasteiger partial charge is 0.312 e. The first-order valence-corrected chi connectivity index (χ1v) is 3.67. The van der Waals surface area contributed by atoms with Crippen LogP contribution in [-0.2, 0) is 11.3 Å². The normalized spacial score (nSPS) is 21.6. The van der Waals surface area contributed by atoms with Crippen LogP contribution in [0, 0.1) is 0 Å². The summed E-state index contributed by atoms with van der Waals surface area (Å²) in [6.07, 6.45) is 2.67. The Labute approximate surface area is 64.3 Å². The number of rotatable bonds is 1. The minimum absolute atomic E-state index is 0.273. The van der Waals surface area contributed by atoms with Gasteiger partial charge in [-0.2, -0.15) is 0 Å². The van der Waals surface area contributed by atoms with Gasteiger partial charge in [0.2, 0.25) is 0 Å². The van der Waals surface area contributed by atoms with Gasteiger partial charge in [0.1, 0.15) is 0 Å². The lowest BCUT2D eigenvalue weighted by molar-refractivity contribution is -0.138. The highest BCUT2D eigenvalue weighted by Gasteiger charge is 2.27. The number of hydrogen-bond donors (Lipinski definition) is 1. The Bertz CT molecular complexity index is 290. The largest absolute Gasteiger partial charge is 0.481 e. The molecule has 58 valence electrons. The lowest BCUT2D eigenvalue weighted by Crippen LogP contribution is -2.07. The van der Waals surface area contributed by atoms with Gasteiger partial charge < -0.3 is 9.67 Å². The number of carboxylic acid groups (broad SMARTS) is 1. The summed E-state index contributed by atoms with van der Waals surface area (Å²) in [4.78, 5) is 10.6. The lowest BCUT2D eigenvalue weighted by atomic mass is 10.1.